The number of H-pyrrole nitrogens is 1. The summed E-state index contributed by atoms with van der Waals surface area (Å²) in [6, 6.07) is 10.1. The number of nitrogens with one attached hydrogen (secondary N) is 2. The molecule has 2 aromatic carbocycles. The number of methoxy groups -OCH3 is 1. The van der Waals surface area contributed by atoms with Crippen molar-refractivity contribution >= 4 is 40.1 Å². The van der Waals surface area contributed by atoms with Crippen molar-refractivity contribution in [3.63, 3.8) is 0 Å². The zero-order chi connectivity index (χ0) is 20.3. The molecule has 0 aliphatic carbocycles. The molecule has 0 radical (unpaired) electrons. The van der Waals surface area contributed by atoms with E-state index in [4.69, 9.17) is 16.3 Å². The van der Waals surface area contributed by atoms with Crippen molar-refractivity contribution in [2.24, 2.45) is 0 Å². The number of ether oxygens (including phenoxy) is 1. The van der Waals surface area contributed by atoms with Gasteiger partial charge < -0.3 is 15.0 Å². The predicted octanol–water partition coefficient (Wildman–Crippen LogP) is 3.24. The van der Waals surface area contributed by atoms with Crippen molar-refractivity contribution in [1.29, 1.82) is 0 Å². The smallest absolute Gasteiger partial charge is 0.328 e. The number of rotatable bonds is 6. The number of nitrogens with zero attached hydrogens (tertiary/aromatic N) is 1. The molecule has 0 aliphatic heterocycles. The molecule has 0 spiro atoms. The highest BCUT2D eigenvalue weighted by molar-refractivity contribution is 6.34. The molecule has 0 unspecified atom stereocenters. The SMILES string of the molecule is COC(=O)[C@@H](Cc1c[nH]c2ccccc12)NC(=O)c1cc([N+](=O)[O-])ccc1Cl. The van der Waals surface area contributed by atoms with Crippen LogP contribution in [0.3, 0.4) is 0 Å². The summed E-state index contributed by atoms with van der Waals surface area (Å²) in [5, 5.41) is 14.5. The van der Waals surface area contributed by atoms with Crippen molar-refractivity contribution in [3.8, 4) is 0 Å². The van der Waals surface area contributed by atoms with Crippen LogP contribution >= 0.6 is 11.6 Å². The van der Waals surface area contributed by atoms with Crippen LogP contribution in [0.5, 0.6) is 0 Å². The van der Waals surface area contributed by atoms with Crippen LogP contribution in [0.2, 0.25) is 5.02 Å². The third-order valence-corrected chi connectivity index (χ3v) is 4.62. The van der Waals surface area contributed by atoms with Gasteiger partial charge in [0.2, 0.25) is 0 Å². The Morgan fingerprint density at radius 3 is 2.75 bits per heavy atom. The Labute approximate surface area is 164 Å². The van der Waals surface area contributed by atoms with Gasteiger partial charge in [-0.3, -0.25) is 14.9 Å². The number of carbonyl (C=O) groups excluding carboxylic acids is 2. The van der Waals surface area contributed by atoms with Gasteiger partial charge in [-0.1, -0.05) is 29.8 Å². The zero-order valence-corrected chi connectivity index (χ0v) is 15.5. The fourth-order valence-electron chi connectivity index (χ4n) is 2.89. The molecule has 3 rings (SSSR count). The van der Waals surface area contributed by atoms with Crippen LogP contribution in [0.4, 0.5) is 5.69 Å². The maximum Gasteiger partial charge on any atom is 0.328 e. The van der Waals surface area contributed by atoms with Crippen LogP contribution in [0.1, 0.15) is 15.9 Å². The lowest BCUT2D eigenvalue weighted by atomic mass is 10.0. The minimum atomic E-state index is -0.993. The Kier molecular flexibility index (Phi) is 5.60. The quantitative estimate of drug-likeness (QED) is 0.374. The third-order valence-electron chi connectivity index (χ3n) is 4.30. The lowest BCUT2D eigenvalue weighted by Gasteiger charge is -2.16. The molecule has 1 atom stereocenters. The van der Waals surface area contributed by atoms with Crippen LogP contribution in [-0.2, 0) is 16.0 Å². The van der Waals surface area contributed by atoms with E-state index in [1.54, 1.807) is 6.20 Å². The Morgan fingerprint density at radius 2 is 2.04 bits per heavy atom. The van der Waals surface area contributed by atoms with Gasteiger partial charge in [0.05, 0.1) is 22.6 Å². The second kappa shape index (κ2) is 8.10. The first-order chi connectivity index (χ1) is 13.4. The first kappa shape index (κ1) is 19.4. The summed E-state index contributed by atoms with van der Waals surface area (Å²) in [6.07, 6.45) is 1.93. The van der Waals surface area contributed by atoms with Gasteiger partial charge in [-0.05, 0) is 17.7 Å². The molecule has 1 aromatic heterocycles. The molecular weight excluding hydrogens is 386 g/mol. The second-order valence-corrected chi connectivity index (χ2v) is 6.44. The molecule has 9 heteroatoms. The number of para-hydroxylation sites is 1. The maximum atomic E-state index is 12.6. The molecule has 3 aromatic rings. The first-order valence-electron chi connectivity index (χ1n) is 8.28. The summed E-state index contributed by atoms with van der Waals surface area (Å²) in [5.41, 5.74) is 1.34. The molecule has 2 N–H and O–H groups in total. The molecule has 1 heterocycles. The van der Waals surface area contributed by atoms with Gasteiger partial charge in [-0.25, -0.2) is 4.79 Å². The van der Waals surface area contributed by atoms with E-state index in [-0.39, 0.29) is 22.7 Å². The average molecular weight is 402 g/mol. The van der Waals surface area contributed by atoms with Gasteiger partial charge in [0.1, 0.15) is 6.04 Å². The summed E-state index contributed by atoms with van der Waals surface area (Å²) in [5.74, 6) is -1.34. The molecule has 0 aliphatic rings. The molecule has 0 fully saturated rings. The fourth-order valence-corrected chi connectivity index (χ4v) is 3.10. The fraction of sp³-hybridized carbons (Fsp3) is 0.158. The number of amides is 1. The molecule has 0 bridgehead atoms. The minimum absolute atomic E-state index is 0.0406. The van der Waals surface area contributed by atoms with Crippen LogP contribution < -0.4 is 5.32 Å². The van der Waals surface area contributed by atoms with E-state index in [1.165, 1.54) is 19.2 Å². The monoisotopic (exact) mass is 401 g/mol. The van der Waals surface area contributed by atoms with Crippen molar-refractivity contribution in [1.82, 2.24) is 10.3 Å². The molecule has 8 nitrogen and oxygen atoms in total. The van der Waals surface area contributed by atoms with Crippen molar-refractivity contribution in [3.05, 3.63) is 74.9 Å². The van der Waals surface area contributed by atoms with E-state index >= 15 is 0 Å². The molecule has 0 saturated heterocycles. The van der Waals surface area contributed by atoms with Gasteiger partial charge in [-0.2, -0.15) is 0 Å². The minimum Gasteiger partial charge on any atom is -0.467 e. The second-order valence-electron chi connectivity index (χ2n) is 6.03. The van der Waals surface area contributed by atoms with Gasteiger partial charge in [0.25, 0.3) is 11.6 Å². The van der Waals surface area contributed by atoms with E-state index < -0.39 is 22.8 Å². The number of benzene rings is 2. The lowest BCUT2D eigenvalue weighted by molar-refractivity contribution is -0.384. The van der Waals surface area contributed by atoms with Crippen LogP contribution in [0.25, 0.3) is 10.9 Å². The topological polar surface area (TPSA) is 114 Å². The summed E-state index contributed by atoms with van der Waals surface area (Å²) in [4.78, 5) is 38.3. The summed E-state index contributed by atoms with van der Waals surface area (Å²) in [6.45, 7) is 0. The molecular formula is C19H16ClN3O5. The number of fused-ring (bicyclic) bond motifs is 1. The van der Waals surface area contributed by atoms with Crippen LogP contribution in [0.15, 0.2) is 48.7 Å². The van der Waals surface area contributed by atoms with E-state index in [1.807, 2.05) is 24.3 Å². The molecule has 28 heavy (non-hydrogen) atoms. The molecule has 144 valence electrons. The standard InChI is InChI=1S/C19H16ClN3O5/c1-28-19(25)17(8-11-10-21-16-5-3-2-4-13(11)16)22-18(24)14-9-12(23(26)27)6-7-15(14)20/h2-7,9-10,17,21H,8H2,1H3,(H,22,24)/t17-/m1/s1. The number of nitro benzene ring substituents is 1. The Hall–Kier alpha value is -3.39. The average Bonchev–Trinajstić information content (AvgIpc) is 3.09. The summed E-state index contributed by atoms with van der Waals surface area (Å²) >= 11 is 6.01. The van der Waals surface area contributed by atoms with Gasteiger partial charge in [0, 0.05) is 35.7 Å². The number of esters is 1. The van der Waals surface area contributed by atoms with Gasteiger partial charge >= 0.3 is 5.97 Å². The maximum absolute atomic E-state index is 12.6. The third kappa shape index (κ3) is 3.96. The highest BCUT2D eigenvalue weighted by atomic mass is 35.5. The Morgan fingerprint density at radius 1 is 1.29 bits per heavy atom. The summed E-state index contributed by atoms with van der Waals surface area (Å²) in [7, 11) is 1.22. The number of non-ortho nitro benzene ring substituents is 1. The Balaban J connectivity index is 1.87. The normalized spacial score (nSPS) is 11.8. The predicted molar refractivity (Wildman–Crippen MR) is 103 cm³/mol. The highest BCUT2D eigenvalue weighted by Gasteiger charge is 2.25. The number of aromatic amines is 1. The number of hydrogen-bond acceptors (Lipinski definition) is 5. The number of nitro groups is 1. The van der Waals surface area contributed by atoms with Crippen molar-refractivity contribution < 1.29 is 19.2 Å². The van der Waals surface area contributed by atoms with Crippen LogP contribution in [-0.4, -0.2) is 34.9 Å². The van der Waals surface area contributed by atoms with Gasteiger partial charge in [-0.15, -0.1) is 0 Å². The van der Waals surface area contributed by atoms with Gasteiger partial charge in [0.15, 0.2) is 0 Å². The number of halogens is 1. The van der Waals surface area contributed by atoms with E-state index in [2.05, 4.69) is 10.3 Å². The van der Waals surface area contributed by atoms with Crippen molar-refractivity contribution in [2.45, 2.75) is 12.5 Å². The van der Waals surface area contributed by atoms with E-state index in [0.29, 0.717) is 0 Å². The largest absolute Gasteiger partial charge is 0.467 e. The van der Waals surface area contributed by atoms with Crippen LogP contribution in [0, 0.1) is 10.1 Å². The number of hydrogen-bond donors (Lipinski definition) is 2. The van der Waals surface area contributed by atoms with Crippen molar-refractivity contribution in [2.75, 3.05) is 7.11 Å². The Bertz CT molecular complexity index is 1060. The van der Waals surface area contributed by atoms with E-state index in [0.717, 1.165) is 22.5 Å². The lowest BCUT2D eigenvalue weighted by Crippen LogP contribution is -2.43. The van der Waals surface area contributed by atoms with E-state index in [9.17, 15) is 19.7 Å². The summed E-state index contributed by atoms with van der Waals surface area (Å²) < 4.78 is 4.80. The highest BCUT2D eigenvalue weighted by Crippen LogP contribution is 2.23. The molecule has 0 saturated carbocycles. The molecule has 1 amide bonds. The number of aromatic nitrogens is 1. The number of carbonyl (C=O) groups is 2. The zero-order valence-electron chi connectivity index (χ0n) is 14.8. The first-order valence-corrected chi connectivity index (χ1v) is 8.66.